The predicted molar refractivity (Wildman–Crippen MR) is 135 cm³/mol. The SMILES string of the molecule is O=C(NCc1ccc(N2C(=O)c3ccccc3C2=O)cc1)Nc1ccc2c(c1)C(=O)c1ccccc1-2. The van der Waals surface area contributed by atoms with Crippen LogP contribution in [-0.4, -0.2) is 23.6 Å². The van der Waals surface area contributed by atoms with E-state index in [9.17, 15) is 19.2 Å². The van der Waals surface area contributed by atoms with Gasteiger partial charge >= 0.3 is 6.03 Å². The van der Waals surface area contributed by atoms with Crippen molar-refractivity contribution in [2.45, 2.75) is 6.54 Å². The molecule has 0 fully saturated rings. The number of carbonyl (C=O) groups excluding carboxylic acids is 4. The number of carbonyl (C=O) groups is 4. The maximum atomic E-state index is 12.7. The number of anilines is 2. The Hall–Kier alpha value is -5.04. The number of hydrogen-bond donors (Lipinski definition) is 2. The summed E-state index contributed by atoms with van der Waals surface area (Å²) in [5.41, 5.74) is 5.56. The van der Waals surface area contributed by atoms with E-state index in [-0.39, 0.29) is 24.1 Å². The summed E-state index contributed by atoms with van der Waals surface area (Å²) >= 11 is 0. The standard InChI is InChI=1S/C29H19N3O4/c33-26-22-6-2-1-5-20(22)21-14-11-18(15-25(21)26)31-29(36)30-16-17-9-12-19(13-10-17)32-27(34)23-7-3-4-8-24(23)28(32)35/h1-15H,16H2,(H2,30,31,36). The summed E-state index contributed by atoms with van der Waals surface area (Å²) in [7, 11) is 0. The normalized spacial score (nSPS) is 13.3. The molecule has 2 N–H and O–H groups in total. The predicted octanol–water partition coefficient (Wildman–Crippen LogP) is 5.02. The van der Waals surface area contributed by atoms with Crippen LogP contribution in [0, 0.1) is 0 Å². The summed E-state index contributed by atoms with van der Waals surface area (Å²) in [4.78, 5) is 51.6. The van der Waals surface area contributed by atoms with Crippen LogP contribution >= 0.6 is 0 Å². The van der Waals surface area contributed by atoms with E-state index in [2.05, 4.69) is 10.6 Å². The van der Waals surface area contributed by atoms with E-state index >= 15 is 0 Å². The smallest absolute Gasteiger partial charge is 0.319 e. The van der Waals surface area contributed by atoms with Gasteiger partial charge < -0.3 is 10.6 Å². The Kier molecular flexibility index (Phi) is 4.97. The molecule has 1 heterocycles. The van der Waals surface area contributed by atoms with Crippen LogP contribution in [0.25, 0.3) is 11.1 Å². The van der Waals surface area contributed by atoms with Crippen molar-refractivity contribution in [1.82, 2.24) is 5.32 Å². The molecule has 7 nitrogen and oxygen atoms in total. The Morgan fingerprint density at radius 2 is 1.22 bits per heavy atom. The lowest BCUT2D eigenvalue weighted by Crippen LogP contribution is -2.29. The van der Waals surface area contributed by atoms with E-state index < -0.39 is 6.03 Å². The van der Waals surface area contributed by atoms with Crippen molar-refractivity contribution < 1.29 is 19.2 Å². The summed E-state index contributed by atoms with van der Waals surface area (Å²) in [5.74, 6) is -0.753. The van der Waals surface area contributed by atoms with Gasteiger partial charge in [0, 0.05) is 23.4 Å². The second-order valence-corrected chi connectivity index (χ2v) is 8.60. The molecule has 6 rings (SSSR count). The molecule has 4 amide bonds. The van der Waals surface area contributed by atoms with Crippen molar-refractivity contribution in [3.63, 3.8) is 0 Å². The lowest BCUT2D eigenvalue weighted by atomic mass is 10.1. The Balaban J connectivity index is 1.10. The van der Waals surface area contributed by atoms with E-state index in [0.29, 0.717) is 33.6 Å². The van der Waals surface area contributed by atoms with Crippen LogP contribution in [0.3, 0.4) is 0 Å². The van der Waals surface area contributed by atoms with Gasteiger partial charge in [-0.25, -0.2) is 9.69 Å². The lowest BCUT2D eigenvalue weighted by molar-refractivity contribution is 0.0925. The fourth-order valence-corrected chi connectivity index (χ4v) is 4.65. The van der Waals surface area contributed by atoms with E-state index in [4.69, 9.17) is 0 Å². The van der Waals surface area contributed by atoms with Crippen LogP contribution in [0.5, 0.6) is 0 Å². The largest absolute Gasteiger partial charge is 0.334 e. The number of urea groups is 1. The summed E-state index contributed by atoms with van der Waals surface area (Å²) in [6.07, 6.45) is 0. The number of imide groups is 1. The van der Waals surface area contributed by atoms with Gasteiger partial charge in [-0.1, -0.05) is 54.6 Å². The number of hydrogen-bond acceptors (Lipinski definition) is 4. The molecule has 4 aromatic carbocycles. The molecule has 1 aliphatic heterocycles. The van der Waals surface area contributed by atoms with E-state index in [1.165, 1.54) is 0 Å². The number of benzene rings is 4. The Labute approximate surface area is 206 Å². The third-order valence-electron chi connectivity index (χ3n) is 6.43. The highest BCUT2D eigenvalue weighted by atomic mass is 16.2. The lowest BCUT2D eigenvalue weighted by Gasteiger charge is -2.14. The van der Waals surface area contributed by atoms with E-state index in [1.807, 2.05) is 24.3 Å². The van der Waals surface area contributed by atoms with Crippen molar-refractivity contribution >= 4 is 35.0 Å². The molecule has 0 radical (unpaired) electrons. The zero-order chi connectivity index (χ0) is 24.8. The molecule has 36 heavy (non-hydrogen) atoms. The molecule has 0 atom stereocenters. The fraction of sp³-hybridized carbons (Fsp3) is 0.0345. The van der Waals surface area contributed by atoms with Gasteiger partial charge in [0.2, 0.25) is 0 Å². The van der Waals surface area contributed by atoms with Gasteiger partial charge in [0.05, 0.1) is 16.8 Å². The molecule has 0 saturated heterocycles. The molecule has 174 valence electrons. The van der Waals surface area contributed by atoms with Crippen molar-refractivity contribution in [2.75, 3.05) is 10.2 Å². The van der Waals surface area contributed by atoms with E-state index in [0.717, 1.165) is 21.6 Å². The highest BCUT2D eigenvalue weighted by Crippen LogP contribution is 2.37. The summed E-state index contributed by atoms with van der Waals surface area (Å²) < 4.78 is 0. The number of rotatable bonds is 4. The van der Waals surface area contributed by atoms with Crippen molar-refractivity contribution in [3.8, 4) is 11.1 Å². The summed E-state index contributed by atoms with van der Waals surface area (Å²) in [6, 6.07) is 25.9. The van der Waals surface area contributed by atoms with Crippen LogP contribution in [-0.2, 0) is 6.54 Å². The average Bonchev–Trinajstić information content (AvgIpc) is 3.33. The van der Waals surface area contributed by atoms with Crippen molar-refractivity contribution in [2.24, 2.45) is 0 Å². The van der Waals surface area contributed by atoms with Gasteiger partial charge in [0.25, 0.3) is 11.8 Å². The fourth-order valence-electron chi connectivity index (χ4n) is 4.65. The molecule has 2 aliphatic rings. The van der Waals surface area contributed by atoms with Gasteiger partial charge in [0.15, 0.2) is 5.78 Å². The minimum atomic E-state index is -0.415. The quantitative estimate of drug-likeness (QED) is 0.358. The minimum absolute atomic E-state index is 0.0530. The van der Waals surface area contributed by atoms with Crippen LogP contribution in [0.1, 0.15) is 42.2 Å². The zero-order valence-electron chi connectivity index (χ0n) is 18.9. The first kappa shape index (κ1) is 21.5. The maximum Gasteiger partial charge on any atom is 0.319 e. The number of ketones is 1. The van der Waals surface area contributed by atoms with Gasteiger partial charge in [-0.05, 0) is 53.1 Å². The molecule has 1 aliphatic carbocycles. The summed E-state index contributed by atoms with van der Waals surface area (Å²) in [6.45, 7) is 0.240. The average molecular weight is 473 g/mol. The summed E-state index contributed by atoms with van der Waals surface area (Å²) in [5, 5.41) is 5.55. The second kappa shape index (κ2) is 8.32. The van der Waals surface area contributed by atoms with Crippen molar-refractivity contribution in [1.29, 1.82) is 0 Å². The van der Waals surface area contributed by atoms with Crippen LogP contribution < -0.4 is 15.5 Å². The first-order valence-electron chi connectivity index (χ1n) is 11.4. The monoisotopic (exact) mass is 473 g/mol. The van der Waals surface area contributed by atoms with Crippen LogP contribution in [0.2, 0.25) is 0 Å². The third kappa shape index (κ3) is 3.45. The first-order chi connectivity index (χ1) is 17.5. The molecular formula is C29H19N3O4. The Bertz CT molecular complexity index is 1560. The molecule has 0 bridgehead atoms. The van der Waals surface area contributed by atoms with Crippen molar-refractivity contribution in [3.05, 3.63) is 119 Å². The first-order valence-corrected chi connectivity index (χ1v) is 11.4. The third-order valence-corrected chi connectivity index (χ3v) is 6.43. The number of nitrogens with zero attached hydrogens (tertiary/aromatic N) is 1. The Morgan fingerprint density at radius 1 is 0.639 bits per heavy atom. The Morgan fingerprint density at radius 3 is 1.89 bits per heavy atom. The highest BCUT2D eigenvalue weighted by molar-refractivity contribution is 6.34. The molecule has 4 aromatic rings. The second-order valence-electron chi connectivity index (χ2n) is 8.60. The maximum absolute atomic E-state index is 12.7. The highest BCUT2D eigenvalue weighted by Gasteiger charge is 2.36. The van der Waals surface area contributed by atoms with Gasteiger partial charge in [-0.15, -0.1) is 0 Å². The van der Waals surface area contributed by atoms with Crippen LogP contribution in [0.15, 0.2) is 91.0 Å². The topological polar surface area (TPSA) is 95.6 Å². The zero-order valence-corrected chi connectivity index (χ0v) is 18.9. The minimum Gasteiger partial charge on any atom is -0.334 e. The molecule has 7 heteroatoms. The number of amides is 4. The van der Waals surface area contributed by atoms with Gasteiger partial charge in [0.1, 0.15) is 0 Å². The van der Waals surface area contributed by atoms with Gasteiger partial charge in [-0.2, -0.15) is 0 Å². The molecule has 0 saturated carbocycles. The molecule has 0 aromatic heterocycles. The molecule has 0 spiro atoms. The molecule has 0 unspecified atom stereocenters. The van der Waals surface area contributed by atoms with Gasteiger partial charge in [-0.3, -0.25) is 14.4 Å². The van der Waals surface area contributed by atoms with Crippen LogP contribution in [0.4, 0.5) is 16.2 Å². The molecular weight excluding hydrogens is 454 g/mol. The number of nitrogens with one attached hydrogen (secondary N) is 2. The number of fused-ring (bicyclic) bond motifs is 4. The van der Waals surface area contributed by atoms with E-state index in [1.54, 1.807) is 66.7 Å².